The van der Waals surface area contributed by atoms with Crippen molar-refractivity contribution < 1.29 is 14.3 Å². The fraction of sp³-hybridized carbons (Fsp3) is 0.364. The van der Waals surface area contributed by atoms with Crippen LogP contribution in [0.4, 0.5) is 0 Å². The van der Waals surface area contributed by atoms with Gasteiger partial charge in [0.25, 0.3) is 0 Å². The van der Waals surface area contributed by atoms with Crippen LogP contribution in [0.1, 0.15) is 31.9 Å². The molecule has 144 valence electrons. The van der Waals surface area contributed by atoms with Crippen LogP contribution in [0.3, 0.4) is 0 Å². The van der Waals surface area contributed by atoms with Crippen molar-refractivity contribution in [3.8, 4) is 5.75 Å². The number of carbonyl (C=O) groups excluding carboxylic acids is 2. The van der Waals surface area contributed by atoms with Crippen molar-refractivity contribution in [3.63, 3.8) is 0 Å². The van der Waals surface area contributed by atoms with Crippen LogP contribution in [0.15, 0.2) is 54.6 Å². The SMILES string of the molecule is COc1ccc(CN(C(=O)Cc2ccccc2)[C@@H](C)C(=O)NC(C)C)cc1. The van der Waals surface area contributed by atoms with E-state index in [2.05, 4.69) is 5.32 Å². The molecule has 0 unspecified atom stereocenters. The molecule has 0 aliphatic carbocycles. The Balaban J connectivity index is 2.20. The van der Waals surface area contributed by atoms with Gasteiger partial charge >= 0.3 is 0 Å². The summed E-state index contributed by atoms with van der Waals surface area (Å²) in [4.78, 5) is 27.1. The molecule has 0 saturated heterocycles. The van der Waals surface area contributed by atoms with Crippen LogP contribution in [0.25, 0.3) is 0 Å². The Labute approximate surface area is 161 Å². The van der Waals surface area contributed by atoms with Crippen molar-refractivity contribution in [2.75, 3.05) is 7.11 Å². The van der Waals surface area contributed by atoms with E-state index in [1.807, 2.05) is 68.4 Å². The van der Waals surface area contributed by atoms with E-state index < -0.39 is 6.04 Å². The maximum Gasteiger partial charge on any atom is 0.242 e. The molecule has 1 N–H and O–H groups in total. The first-order valence-corrected chi connectivity index (χ1v) is 9.17. The predicted molar refractivity (Wildman–Crippen MR) is 106 cm³/mol. The number of benzene rings is 2. The lowest BCUT2D eigenvalue weighted by molar-refractivity contribution is -0.140. The molecule has 2 amide bonds. The first-order chi connectivity index (χ1) is 12.9. The van der Waals surface area contributed by atoms with Crippen LogP contribution in [0.2, 0.25) is 0 Å². The molecule has 0 aliphatic heterocycles. The Morgan fingerprint density at radius 2 is 1.59 bits per heavy atom. The number of carbonyl (C=O) groups is 2. The summed E-state index contributed by atoms with van der Waals surface area (Å²) < 4.78 is 5.19. The van der Waals surface area contributed by atoms with E-state index in [1.165, 1.54) is 0 Å². The van der Waals surface area contributed by atoms with Crippen LogP contribution in [0.5, 0.6) is 5.75 Å². The average Bonchev–Trinajstić information content (AvgIpc) is 2.66. The van der Waals surface area contributed by atoms with E-state index in [-0.39, 0.29) is 24.3 Å². The molecule has 0 heterocycles. The monoisotopic (exact) mass is 368 g/mol. The first kappa shape index (κ1) is 20.5. The molecule has 1 atom stereocenters. The molecule has 2 aromatic rings. The minimum atomic E-state index is -0.564. The van der Waals surface area contributed by atoms with Gasteiger partial charge in [-0.25, -0.2) is 0 Å². The molecule has 0 saturated carbocycles. The number of rotatable bonds is 8. The Morgan fingerprint density at radius 1 is 0.963 bits per heavy atom. The van der Waals surface area contributed by atoms with Gasteiger partial charge in [-0.3, -0.25) is 9.59 Å². The molecular weight excluding hydrogens is 340 g/mol. The van der Waals surface area contributed by atoms with Gasteiger partial charge in [-0.05, 0) is 44.0 Å². The molecule has 5 heteroatoms. The summed E-state index contributed by atoms with van der Waals surface area (Å²) in [5, 5.41) is 2.89. The number of hydrogen-bond acceptors (Lipinski definition) is 3. The Hall–Kier alpha value is -2.82. The zero-order valence-electron chi connectivity index (χ0n) is 16.4. The van der Waals surface area contributed by atoms with Crippen LogP contribution in [0, 0.1) is 0 Å². The third-order valence-corrected chi connectivity index (χ3v) is 4.31. The van der Waals surface area contributed by atoms with Crippen molar-refractivity contribution >= 4 is 11.8 Å². The molecule has 0 radical (unpaired) electrons. The average molecular weight is 368 g/mol. The minimum Gasteiger partial charge on any atom is -0.497 e. The Morgan fingerprint density at radius 3 is 2.15 bits per heavy atom. The molecule has 0 spiro atoms. The maximum absolute atomic E-state index is 13.0. The summed E-state index contributed by atoms with van der Waals surface area (Å²) in [5.74, 6) is 0.523. The molecular formula is C22H28N2O3. The van der Waals surface area contributed by atoms with Gasteiger partial charge in [-0.1, -0.05) is 42.5 Å². The fourth-order valence-corrected chi connectivity index (χ4v) is 2.79. The van der Waals surface area contributed by atoms with Crippen molar-refractivity contribution in [2.45, 2.75) is 45.8 Å². The maximum atomic E-state index is 13.0. The first-order valence-electron chi connectivity index (χ1n) is 9.17. The zero-order chi connectivity index (χ0) is 19.8. The summed E-state index contributed by atoms with van der Waals surface area (Å²) in [6, 6.07) is 16.6. The van der Waals surface area contributed by atoms with Gasteiger partial charge in [-0.15, -0.1) is 0 Å². The predicted octanol–water partition coefficient (Wildman–Crippen LogP) is 3.18. The van der Waals surface area contributed by atoms with Gasteiger partial charge in [0.2, 0.25) is 11.8 Å². The summed E-state index contributed by atoms with van der Waals surface area (Å²) in [6.45, 7) is 5.95. The number of ether oxygens (including phenoxy) is 1. The van der Waals surface area contributed by atoms with E-state index in [1.54, 1.807) is 18.9 Å². The van der Waals surface area contributed by atoms with Crippen LogP contribution in [-0.4, -0.2) is 35.9 Å². The van der Waals surface area contributed by atoms with Crippen molar-refractivity contribution in [1.29, 1.82) is 0 Å². The lowest BCUT2D eigenvalue weighted by Crippen LogP contribution is -2.49. The summed E-state index contributed by atoms with van der Waals surface area (Å²) in [6.07, 6.45) is 0.260. The van der Waals surface area contributed by atoms with E-state index >= 15 is 0 Å². The summed E-state index contributed by atoms with van der Waals surface area (Å²) >= 11 is 0. The Kier molecular flexibility index (Phi) is 7.41. The van der Waals surface area contributed by atoms with Crippen molar-refractivity contribution in [1.82, 2.24) is 10.2 Å². The van der Waals surface area contributed by atoms with Gasteiger partial charge in [0, 0.05) is 12.6 Å². The molecule has 27 heavy (non-hydrogen) atoms. The molecule has 0 aromatic heterocycles. The molecule has 5 nitrogen and oxygen atoms in total. The second kappa shape index (κ2) is 9.76. The number of amides is 2. The topological polar surface area (TPSA) is 58.6 Å². The highest BCUT2D eigenvalue weighted by molar-refractivity contribution is 5.88. The van der Waals surface area contributed by atoms with E-state index in [9.17, 15) is 9.59 Å². The smallest absolute Gasteiger partial charge is 0.242 e. The van der Waals surface area contributed by atoms with Gasteiger partial charge in [0.1, 0.15) is 11.8 Å². The minimum absolute atomic E-state index is 0.0204. The molecule has 2 rings (SSSR count). The molecule has 2 aromatic carbocycles. The fourth-order valence-electron chi connectivity index (χ4n) is 2.79. The molecule has 0 aliphatic rings. The highest BCUT2D eigenvalue weighted by atomic mass is 16.5. The van der Waals surface area contributed by atoms with Crippen LogP contribution < -0.4 is 10.1 Å². The van der Waals surface area contributed by atoms with Gasteiger partial charge in [0.15, 0.2) is 0 Å². The van der Waals surface area contributed by atoms with E-state index in [4.69, 9.17) is 4.74 Å². The third kappa shape index (κ3) is 6.13. The van der Waals surface area contributed by atoms with Crippen LogP contribution in [-0.2, 0) is 22.6 Å². The second-order valence-electron chi connectivity index (χ2n) is 6.87. The second-order valence-corrected chi connectivity index (χ2v) is 6.87. The number of methoxy groups -OCH3 is 1. The lowest BCUT2D eigenvalue weighted by atomic mass is 10.1. The van der Waals surface area contributed by atoms with E-state index in [0.717, 1.165) is 16.9 Å². The van der Waals surface area contributed by atoms with Gasteiger partial charge in [-0.2, -0.15) is 0 Å². The van der Waals surface area contributed by atoms with Gasteiger partial charge in [0.05, 0.1) is 13.5 Å². The normalized spacial score (nSPS) is 11.7. The third-order valence-electron chi connectivity index (χ3n) is 4.31. The van der Waals surface area contributed by atoms with Crippen molar-refractivity contribution in [2.24, 2.45) is 0 Å². The summed E-state index contributed by atoms with van der Waals surface area (Å²) in [5.41, 5.74) is 1.88. The van der Waals surface area contributed by atoms with Gasteiger partial charge < -0.3 is 15.0 Å². The highest BCUT2D eigenvalue weighted by Gasteiger charge is 2.26. The van der Waals surface area contributed by atoms with E-state index in [0.29, 0.717) is 6.54 Å². The van der Waals surface area contributed by atoms with Crippen molar-refractivity contribution in [3.05, 3.63) is 65.7 Å². The standard InChI is InChI=1S/C22H28N2O3/c1-16(2)23-22(26)17(3)24(15-19-10-12-20(27-4)13-11-19)21(25)14-18-8-6-5-7-9-18/h5-13,16-17H,14-15H2,1-4H3,(H,23,26)/t17-/m0/s1. The summed E-state index contributed by atoms with van der Waals surface area (Å²) in [7, 11) is 1.61. The molecule has 0 fully saturated rings. The Bertz CT molecular complexity index is 742. The number of nitrogens with zero attached hydrogens (tertiary/aromatic N) is 1. The largest absolute Gasteiger partial charge is 0.497 e. The highest BCUT2D eigenvalue weighted by Crippen LogP contribution is 2.16. The molecule has 0 bridgehead atoms. The zero-order valence-corrected chi connectivity index (χ0v) is 16.4. The lowest BCUT2D eigenvalue weighted by Gasteiger charge is -2.29. The number of hydrogen-bond donors (Lipinski definition) is 1. The number of nitrogens with one attached hydrogen (secondary N) is 1. The quantitative estimate of drug-likeness (QED) is 0.779. The van der Waals surface area contributed by atoms with Crippen LogP contribution >= 0.6 is 0 Å².